The zero-order chi connectivity index (χ0) is 17.8. The highest BCUT2D eigenvalue weighted by Crippen LogP contribution is 2.30. The van der Waals surface area contributed by atoms with E-state index >= 15 is 0 Å². The van der Waals surface area contributed by atoms with Crippen LogP contribution in [0, 0.1) is 6.92 Å². The van der Waals surface area contributed by atoms with Gasteiger partial charge in [0, 0.05) is 17.7 Å². The Labute approximate surface area is 153 Å². The van der Waals surface area contributed by atoms with Crippen molar-refractivity contribution in [2.75, 3.05) is 0 Å². The molecule has 0 radical (unpaired) electrons. The molecule has 1 heterocycles. The highest BCUT2D eigenvalue weighted by Gasteiger charge is 2.16. The van der Waals surface area contributed by atoms with Crippen molar-refractivity contribution < 1.29 is 0 Å². The fourth-order valence-electron chi connectivity index (χ4n) is 3.14. The Hall–Kier alpha value is -3.20. The van der Waals surface area contributed by atoms with Crippen molar-refractivity contribution in [3.63, 3.8) is 0 Å². The molecule has 0 aliphatic carbocycles. The van der Waals surface area contributed by atoms with Gasteiger partial charge in [-0.25, -0.2) is 4.68 Å². The van der Waals surface area contributed by atoms with Crippen LogP contribution in [0.3, 0.4) is 0 Å². The van der Waals surface area contributed by atoms with Crippen molar-refractivity contribution in [2.24, 2.45) is 0 Å². The number of aromatic nitrogens is 3. The molecule has 128 valence electrons. The summed E-state index contributed by atoms with van der Waals surface area (Å²) in [6.07, 6.45) is 0.928. The van der Waals surface area contributed by atoms with Crippen molar-refractivity contribution in [2.45, 2.75) is 19.9 Å². The first-order chi connectivity index (χ1) is 12.8. The number of aryl methyl sites for hydroxylation is 3. The van der Waals surface area contributed by atoms with Crippen molar-refractivity contribution >= 4 is 0 Å². The quantitative estimate of drug-likeness (QED) is 0.502. The fraction of sp³-hybridized carbons (Fsp3) is 0.130. The maximum absolute atomic E-state index is 4.52. The zero-order valence-corrected chi connectivity index (χ0v) is 14.8. The standard InChI is InChI=1S/C23H21N3/c1-18-12-14-20(15-13-18)22-23(21-10-6-3-7-11-21)26(25-24-22)17-16-19-8-4-2-5-9-19/h2-15H,16-17H2,1H3. The molecular weight excluding hydrogens is 318 g/mol. The van der Waals surface area contributed by atoms with Gasteiger partial charge in [0.25, 0.3) is 0 Å². The molecule has 0 N–H and O–H groups in total. The van der Waals surface area contributed by atoms with Crippen LogP contribution in [0.1, 0.15) is 11.1 Å². The molecule has 26 heavy (non-hydrogen) atoms. The molecule has 4 aromatic rings. The maximum Gasteiger partial charge on any atom is 0.121 e. The fourth-order valence-corrected chi connectivity index (χ4v) is 3.14. The minimum Gasteiger partial charge on any atom is -0.244 e. The van der Waals surface area contributed by atoms with Gasteiger partial charge in [0.2, 0.25) is 0 Å². The van der Waals surface area contributed by atoms with Crippen molar-refractivity contribution in [1.82, 2.24) is 15.0 Å². The average molecular weight is 339 g/mol. The van der Waals surface area contributed by atoms with E-state index in [2.05, 4.69) is 90.0 Å². The molecule has 0 atom stereocenters. The van der Waals surface area contributed by atoms with E-state index in [1.54, 1.807) is 0 Å². The Morgan fingerprint density at radius 2 is 1.38 bits per heavy atom. The lowest BCUT2D eigenvalue weighted by atomic mass is 10.0. The molecule has 0 fully saturated rings. The second-order valence-electron chi connectivity index (χ2n) is 6.48. The van der Waals surface area contributed by atoms with Crippen LogP contribution in [0.25, 0.3) is 22.5 Å². The lowest BCUT2D eigenvalue weighted by molar-refractivity contribution is 0.594. The molecular formula is C23H21N3. The van der Waals surface area contributed by atoms with Crippen LogP contribution in [0.15, 0.2) is 84.9 Å². The Bertz CT molecular complexity index is 971. The molecule has 0 saturated carbocycles. The van der Waals surface area contributed by atoms with Gasteiger partial charge in [-0.1, -0.05) is 95.7 Å². The zero-order valence-electron chi connectivity index (χ0n) is 14.8. The smallest absolute Gasteiger partial charge is 0.121 e. The summed E-state index contributed by atoms with van der Waals surface area (Å²) in [7, 11) is 0. The first kappa shape index (κ1) is 16.3. The van der Waals surface area contributed by atoms with Crippen LogP contribution < -0.4 is 0 Å². The predicted octanol–water partition coefficient (Wildman–Crippen LogP) is 5.16. The molecule has 4 rings (SSSR count). The molecule has 0 saturated heterocycles. The summed E-state index contributed by atoms with van der Waals surface area (Å²) in [5.74, 6) is 0. The summed E-state index contributed by atoms with van der Waals surface area (Å²) in [5.41, 5.74) is 6.79. The largest absolute Gasteiger partial charge is 0.244 e. The lowest BCUT2D eigenvalue weighted by Crippen LogP contribution is -2.05. The third-order valence-corrected chi connectivity index (χ3v) is 4.56. The molecule has 0 unspecified atom stereocenters. The predicted molar refractivity (Wildman–Crippen MR) is 106 cm³/mol. The third-order valence-electron chi connectivity index (χ3n) is 4.56. The van der Waals surface area contributed by atoms with Gasteiger partial charge in [0.1, 0.15) is 5.69 Å². The van der Waals surface area contributed by atoms with Crippen LogP contribution in [0.5, 0.6) is 0 Å². The Morgan fingerprint density at radius 1 is 0.731 bits per heavy atom. The maximum atomic E-state index is 4.52. The molecule has 3 aromatic carbocycles. The van der Waals surface area contributed by atoms with Crippen molar-refractivity contribution in [1.29, 1.82) is 0 Å². The first-order valence-corrected chi connectivity index (χ1v) is 8.91. The van der Waals surface area contributed by atoms with Gasteiger partial charge in [-0.3, -0.25) is 0 Å². The minimum absolute atomic E-state index is 0.799. The molecule has 0 aliphatic rings. The average Bonchev–Trinajstić information content (AvgIpc) is 3.12. The summed E-state index contributed by atoms with van der Waals surface area (Å²) in [5, 5.41) is 8.99. The molecule has 1 aromatic heterocycles. The molecule has 0 bridgehead atoms. The first-order valence-electron chi connectivity index (χ1n) is 8.91. The van der Waals surface area contributed by atoms with Gasteiger partial charge < -0.3 is 0 Å². The Kier molecular flexibility index (Phi) is 4.61. The number of rotatable bonds is 5. The molecule has 0 spiro atoms. The van der Waals surface area contributed by atoms with E-state index in [1.165, 1.54) is 11.1 Å². The number of hydrogen-bond acceptors (Lipinski definition) is 2. The normalized spacial score (nSPS) is 10.8. The summed E-state index contributed by atoms with van der Waals surface area (Å²) in [6, 6.07) is 29.4. The van der Waals surface area contributed by atoms with Crippen LogP contribution in [-0.4, -0.2) is 15.0 Å². The molecule has 3 heteroatoms. The lowest BCUT2D eigenvalue weighted by Gasteiger charge is -2.09. The summed E-state index contributed by atoms with van der Waals surface area (Å²) in [4.78, 5) is 0. The van der Waals surface area contributed by atoms with Gasteiger partial charge in [-0.15, -0.1) is 5.10 Å². The van der Waals surface area contributed by atoms with E-state index in [4.69, 9.17) is 0 Å². The third kappa shape index (κ3) is 3.42. The van der Waals surface area contributed by atoms with E-state index in [0.717, 1.165) is 35.5 Å². The van der Waals surface area contributed by atoms with Crippen LogP contribution in [0.2, 0.25) is 0 Å². The van der Waals surface area contributed by atoms with E-state index in [0.29, 0.717) is 0 Å². The van der Waals surface area contributed by atoms with Crippen molar-refractivity contribution in [3.8, 4) is 22.5 Å². The van der Waals surface area contributed by atoms with Gasteiger partial charge in [0.05, 0.1) is 5.69 Å². The summed E-state index contributed by atoms with van der Waals surface area (Å²) < 4.78 is 2.03. The van der Waals surface area contributed by atoms with Gasteiger partial charge in [-0.05, 0) is 18.9 Å². The van der Waals surface area contributed by atoms with Crippen molar-refractivity contribution in [3.05, 3.63) is 96.1 Å². The SMILES string of the molecule is Cc1ccc(-c2nnn(CCc3ccccc3)c2-c2ccccc2)cc1. The Balaban J connectivity index is 1.73. The van der Waals surface area contributed by atoms with E-state index in [-0.39, 0.29) is 0 Å². The van der Waals surface area contributed by atoms with E-state index in [9.17, 15) is 0 Å². The minimum atomic E-state index is 0.799. The number of nitrogens with zero attached hydrogens (tertiary/aromatic N) is 3. The topological polar surface area (TPSA) is 30.7 Å². The van der Waals surface area contributed by atoms with Crippen LogP contribution >= 0.6 is 0 Å². The van der Waals surface area contributed by atoms with Gasteiger partial charge in [0.15, 0.2) is 0 Å². The van der Waals surface area contributed by atoms with Crippen LogP contribution in [-0.2, 0) is 13.0 Å². The molecule has 0 amide bonds. The highest BCUT2D eigenvalue weighted by molar-refractivity contribution is 5.78. The molecule has 3 nitrogen and oxygen atoms in total. The highest BCUT2D eigenvalue weighted by atomic mass is 15.4. The number of benzene rings is 3. The number of hydrogen-bond donors (Lipinski definition) is 0. The van der Waals surface area contributed by atoms with Gasteiger partial charge in [-0.2, -0.15) is 0 Å². The monoisotopic (exact) mass is 339 g/mol. The summed E-state index contributed by atoms with van der Waals surface area (Å²) >= 11 is 0. The summed E-state index contributed by atoms with van der Waals surface area (Å²) in [6.45, 7) is 2.89. The molecule has 0 aliphatic heterocycles. The van der Waals surface area contributed by atoms with Crippen LogP contribution in [0.4, 0.5) is 0 Å². The van der Waals surface area contributed by atoms with E-state index < -0.39 is 0 Å². The van der Waals surface area contributed by atoms with Gasteiger partial charge >= 0.3 is 0 Å². The van der Waals surface area contributed by atoms with E-state index in [1.807, 2.05) is 16.8 Å². The Morgan fingerprint density at radius 3 is 2.08 bits per heavy atom. The second kappa shape index (κ2) is 7.36. The second-order valence-corrected chi connectivity index (χ2v) is 6.48.